The van der Waals surface area contributed by atoms with Crippen LogP contribution in [0.1, 0.15) is 21.6 Å². The molecule has 0 amide bonds. The molecule has 0 fully saturated rings. The second kappa shape index (κ2) is 5.40. The first-order chi connectivity index (χ1) is 8.58. The molecule has 92 valence electrons. The van der Waals surface area contributed by atoms with E-state index in [1.807, 2.05) is 0 Å². The summed E-state index contributed by atoms with van der Waals surface area (Å²) < 4.78 is 13.6. The van der Waals surface area contributed by atoms with Gasteiger partial charge in [0.25, 0.3) is 0 Å². The number of benzene rings is 1. The number of aromatic nitrogens is 1. The highest BCUT2D eigenvalue weighted by Crippen LogP contribution is 2.20. The molecule has 1 heterocycles. The van der Waals surface area contributed by atoms with Gasteiger partial charge in [-0.05, 0) is 36.8 Å². The summed E-state index contributed by atoms with van der Waals surface area (Å²) in [5.74, 6) is -0.344. The van der Waals surface area contributed by atoms with Crippen molar-refractivity contribution in [3.63, 3.8) is 0 Å². The van der Waals surface area contributed by atoms with Crippen LogP contribution >= 0.6 is 15.9 Å². The van der Waals surface area contributed by atoms with E-state index in [0.29, 0.717) is 15.7 Å². The Morgan fingerprint density at radius 1 is 1.39 bits per heavy atom. The highest BCUT2D eigenvalue weighted by atomic mass is 79.9. The second-order valence-electron chi connectivity index (χ2n) is 3.97. The van der Waals surface area contributed by atoms with Gasteiger partial charge in [-0.1, -0.05) is 22.0 Å². The zero-order valence-corrected chi connectivity index (χ0v) is 11.4. The molecule has 0 N–H and O–H groups in total. The van der Waals surface area contributed by atoms with E-state index in [2.05, 4.69) is 20.9 Å². The Kier molecular flexibility index (Phi) is 3.87. The molecule has 1 aromatic heterocycles. The van der Waals surface area contributed by atoms with Crippen molar-refractivity contribution in [1.29, 1.82) is 0 Å². The van der Waals surface area contributed by atoms with E-state index in [-0.39, 0.29) is 18.0 Å². The number of nitrogens with zero attached hydrogens (tertiary/aromatic N) is 1. The normalized spacial score (nSPS) is 10.4. The molecule has 2 aromatic rings. The van der Waals surface area contributed by atoms with Crippen LogP contribution in [0.25, 0.3) is 0 Å². The summed E-state index contributed by atoms with van der Waals surface area (Å²) in [5.41, 5.74) is 2.08. The lowest BCUT2D eigenvalue weighted by molar-refractivity contribution is 0.0992. The molecule has 0 aliphatic heterocycles. The van der Waals surface area contributed by atoms with Gasteiger partial charge >= 0.3 is 0 Å². The summed E-state index contributed by atoms with van der Waals surface area (Å²) in [6, 6.07) is 7.81. The molecule has 0 aliphatic carbocycles. The molecule has 18 heavy (non-hydrogen) atoms. The first kappa shape index (κ1) is 12.9. The van der Waals surface area contributed by atoms with Gasteiger partial charge < -0.3 is 0 Å². The van der Waals surface area contributed by atoms with Crippen LogP contribution < -0.4 is 0 Å². The molecule has 2 nitrogen and oxygen atoms in total. The van der Waals surface area contributed by atoms with E-state index in [1.54, 1.807) is 31.3 Å². The maximum absolute atomic E-state index is 12.9. The molecule has 1 aromatic carbocycles. The lowest BCUT2D eigenvalue weighted by atomic mass is 10.0. The molecule has 0 bridgehead atoms. The molecule has 0 radical (unpaired) electrons. The predicted molar refractivity (Wildman–Crippen MR) is 71.1 cm³/mol. The minimum Gasteiger partial charge on any atom is -0.294 e. The maximum atomic E-state index is 12.9. The van der Waals surface area contributed by atoms with Crippen molar-refractivity contribution in [3.05, 3.63) is 63.6 Å². The SMILES string of the molecule is Cc1ncccc1C(=O)Cc1ccc(F)cc1Br. The van der Waals surface area contributed by atoms with Crippen molar-refractivity contribution in [2.75, 3.05) is 0 Å². The first-order valence-electron chi connectivity index (χ1n) is 5.46. The summed E-state index contributed by atoms with van der Waals surface area (Å²) in [6.07, 6.45) is 1.88. The van der Waals surface area contributed by atoms with Crippen molar-refractivity contribution in [2.45, 2.75) is 13.3 Å². The third-order valence-corrected chi connectivity index (χ3v) is 3.41. The van der Waals surface area contributed by atoms with E-state index in [9.17, 15) is 9.18 Å². The van der Waals surface area contributed by atoms with Gasteiger partial charge in [0.1, 0.15) is 5.82 Å². The van der Waals surface area contributed by atoms with Gasteiger partial charge in [-0.2, -0.15) is 0 Å². The van der Waals surface area contributed by atoms with Gasteiger partial charge in [-0.3, -0.25) is 9.78 Å². The highest BCUT2D eigenvalue weighted by molar-refractivity contribution is 9.10. The summed E-state index contributed by atoms with van der Waals surface area (Å²) in [4.78, 5) is 16.2. The number of ketones is 1. The summed E-state index contributed by atoms with van der Waals surface area (Å²) >= 11 is 3.26. The average Bonchev–Trinajstić information content (AvgIpc) is 2.33. The molecule has 2 rings (SSSR count). The molecule has 0 saturated heterocycles. The van der Waals surface area contributed by atoms with Crippen molar-refractivity contribution in [2.24, 2.45) is 0 Å². The maximum Gasteiger partial charge on any atom is 0.169 e. The van der Waals surface area contributed by atoms with E-state index in [0.717, 1.165) is 5.56 Å². The third-order valence-electron chi connectivity index (χ3n) is 2.67. The summed E-state index contributed by atoms with van der Waals surface area (Å²) in [6.45, 7) is 1.80. The summed E-state index contributed by atoms with van der Waals surface area (Å²) in [5, 5.41) is 0. The Hall–Kier alpha value is -1.55. The molecule has 0 spiro atoms. The van der Waals surface area contributed by atoms with Crippen molar-refractivity contribution in [1.82, 2.24) is 4.98 Å². The fourth-order valence-corrected chi connectivity index (χ4v) is 2.20. The standard InChI is InChI=1S/C14H11BrFNO/c1-9-12(3-2-6-17-9)14(18)7-10-4-5-11(16)8-13(10)15/h2-6,8H,7H2,1H3. The average molecular weight is 308 g/mol. The topological polar surface area (TPSA) is 30.0 Å². The van der Waals surface area contributed by atoms with Crippen LogP contribution in [0, 0.1) is 12.7 Å². The lowest BCUT2D eigenvalue weighted by Gasteiger charge is -2.06. The minimum absolute atomic E-state index is 0.0205. The molecule has 0 atom stereocenters. The van der Waals surface area contributed by atoms with Gasteiger partial charge in [-0.25, -0.2) is 4.39 Å². The number of hydrogen-bond acceptors (Lipinski definition) is 2. The third kappa shape index (κ3) is 2.82. The summed E-state index contributed by atoms with van der Waals surface area (Å²) in [7, 11) is 0. The molecule has 0 unspecified atom stereocenters. The Bertz CT molecular complexity index is 598. The van der Waals surface area contributed by atoms with Crippen molar-refractivity contribution in [3.8, 4) is 0 Å². The minimum atomic E-state index is -0.323. The zero-order valence-electron chi connectivity index (χ0n) is 9.78. The number of rotatable bonds is 3. The van der Waals surface area contributed by atoms with Crippen LogP contribution in [0.4, 0.5) is 4.39 Å². The number of carbonyl (C=O) groups excluding carboxylic acids is 1. The molecule has 0 aliphatic rings. The van der Waals surface area contributed by atoms with Crippen molar-refractivity contribution < 1.29 is 9.18 Å². The smallest absolute Gasteiger partial charge is 0.169 e. The second-order valence-corrected chi connectivity index (χ2v) is 4.83. The van der Waals surface area contributed by atoms with E-state index < -0.39 is 0 Å². The van der Waals surface area contributed by atoms with Crippen LogP contribution in [0.5, 0.6) is 0 Å². The highest BCUT2D eigenvalue weighted by Gasteiger charge is 2.12. The zero-order chi connectivity index (χ0) is 13.1. The van der Waals surface area contributed by atoms with Crippen LogP contribution in [0.15, 0.2) is 41.0 Å². The number of Topliss-reactive ketones (excluding diaryl/α,β-unsaturated/α-hetero) is 1. The van der Waals surface area contributed by atoms with Gasteiger partial charge in [0, 0.05) is 28.3 Å². The van der Waals surface area contributed by atoms with Gasteiger partial charge in [0.05, 0.1) is 0 Å². The molecule has 4 heteroatoms. The number of halogens is 2. The van der Waals surface area contributed by atoms with Gasteiger partial charge in [0.2, 0.25) is 0 Å². The predicted octanol–water partition coefficient (Wildman–Crippen LogP) is 3.72. The first-order valence-corrected chi connectivity index (χ1v) is 6.26. The largest absolute Gasteiger partial charge is 0.294 e. The van der Waals surface area contributed by atoms with E-state index in [4.69, 9.17) is 0 Å². The van der Waals surface area contributed by atoms with Crippen LogP contribution in [0.3, 0.4) is 0 Å². The van der Waals surface area contributed by atoms with Crippen LogP contribution in [0.2, 0.25) is 0 Å². The number of carbonyl (C=O) groups is 1. The van der Waals surface area contributed by atoms with E-state index >= 15 is 0 Å². The lowest BCUT2D eigenvalue weighted by Crippen LogP contribution is -2.07. The number of pyridine rings is 1. The monoisotopic (exact) mass is 307 g/mol. The van der Waals surface area contributed by atoms with Gasteiger partial charge in [-0.15, -0.1) is 0 Å². The molecule has 0 saturated carbocycles. The molecular formula is C14H11BrFNO. The quantitative estimate of drug-likeness (QED) is 0.809. The van der Waals surface area contributed by atoms with E-state index in [1.165, 1.54) is 12.1 Å². The van der Waals surface area contributed by atoms with Crippen LogP contribution in [-0.2, 0) is 6.42 Å². The fraction of sp³-hybridized carbons (Fsp3) is 0.143. The fourth-order valence-electron chi connectivity index (χ4n) is 1.71. The Labute approximate surface area is 113 Å². The van der Waals surface area contributed by atoms with Crippen LogP contribution in [-0.4, -0.2) is 10.8 Å². The Morgan fingerprint density at radius 3 is 2.83 bits per heavy atom. The number of hydrogen-bond donors (Lipinski definition) is 0. The molecular weight excluding hydrogens is 297 g/mol. The number of aryl methyl sites for hydroxylation is 1. The van der Waals surface area contributed by atoms with Crippen molar-refractivity contribution >= 4 is 21.7 Å². The Morgan fingerprint density at radius 2 is 2.17 bits per heavy atom. The van der Waals surface area contributed by atoms with Gasteiger partial charge in [0.15, 0.2) is 5.78 Å². The Balaban J connectivity index is 2.24.